The van der Waals surface area contributed by atoms with E-state index in [9.17, 15) is 8.42 Å². The first-order valence-electron chi connectivity index (χ1n) is 8.84. The minimum absolute atomic E-state index is 0.418. The fraction of sp³-hybridized carbons (Fsp3) is 0.353. The smallest absolute Gasteiger partial charge is 0.307 e. The predicted octanol–water partition coefficient (Wildman–Crippen LogP) is 2.24. The van der Waals surface area contributed by atoms with E-state index in [1.807, 2.05) is 6.07 Å². The molecule has 1 aliphatic rings. The van der Waals surface area contributed by atoms with Gasteiger partial charge in [0.25, 0.3) is 0 Å². The fourth-order valence-corrected chi connectivity index (χ4v) is 3.86. The van der Waals surface area contributed by atoms with Crippen LogP contribution in [0.5, 0.6) is 0 Å². The lowest BCUT2D eigenvalue weighted by molar-refractivity contribution is -0.347. The molecule has 1 saturated carbocycles. The highest BCUT2D eigenvalue weighted by Crippen LogP contribution is 2.26. The number of benzene rings is 1. The molecule has 1 fully saturated rings. The Morgan fingerprint density at radius 2 is 1.96 bits per heavy atom. The molecule has 2 aromatic heterocycles. The van der Waals surface area contributed by atoms with Crippen molar-refractivity contribution in [2.24, 2.45) is 0 Å². The number of aromatic nitrogens is 4. The Morgan fingerprint density at radius 3 is 2.74 bits per heavy atom. The van der Waals surface area contributed by atoms with Crippen LogP contribution in [0.4, 0.5) is 23.1 Å². The van der Waals surface area contributed by atoms with Crippen molar-refractivity contribution in [3.63, 3.8) is 0 Å². The quantitative estimate of drug-likeness (QED) is 0.513. The van der Waals surface area contributed by atoms with Crippen LogP contribution >= 0.6 is 0 Å². The summed E-state index contributed by atoms with van der Waals surface area (Å²) in [6, 6.07) is 7.38. The Bertz CT molecular complexity index is 1060. The number of hydrogen-bond donors (Lipinski definition) is 4. The van der Waals surface area contributed by atoms with E-state index in [0.29, 0.717) is 29.0 Å². The zero-order valence-electron chi connectivity index (χ0n) is 14.9. The van der Waals surface area contributed by atoms with E-state index in [2.05, 4.69) is 35.3 Å². The lowest BCUT2D eigenvalue weighted by Crippen LogP contribution is -2.17. The van der Waals surface area contributed by atoms with Crippen molar-refractivity contribution in [1.29, 1.82) is 0 Å². The van der Waals surface area contributed by atoms with Gasteiger partial charge in [0.15, 0.2) is 12.1 Å². The first kappa shape index (κ1) is 17.5. The number of aromatic amines is 2. The Kier molecular flexibility index (Phi) is 4.56. The summed E-state index contributed by atoms with van der Waals surface area (Å²) in [5.74, 6) is 1.18. The van der Waals surface area contributed by atoms with Gasteiger partial charge >= 0.3 is 11.6 Å². The average molecular weight is 388 g/mol. The van der Waals surface area contributed by atoms with Gasteiger partial charge < -0.3 is 10.6 Å². The molecule has 27 heavy (non-hydrogen) atoms. The topological polar surface area (TPSA) is 126 Å². The highest BCUT2D eigenvalue weighted by Gasteiger charge is 2.21. The van der Waals surface area contributed by atoms with E-state index in [-0.39, 0.29) is 0 Å². The van der Waals surface area contributed by atoms with E-state index < -0.39 is 10.0 Å². The molecule has 1 aliphatic carbocycles. The van der Waals surface area contributed by atoms with Crippen LogP contribution in [-0.4, -0.2) is 35.7 Å². The number of hydrogen-bond acceptors (Lipinski definition) is 6. The van der Waals surface area contributed by atoms with Crippen molar-refractivity contribution in [3.8, 4) is 0 Å². The van der Waals surface area contributed by atoms with Crippen LogP contribution in [0.15, 0.2) is 30.6 Å². The largest absolute Gasteiger partial charge is 0.364 e. The number of imidazole rings is 1. The maximum atomic E-state index is 11.4. The molecule has 1 aromatic carbocycles. The molecule has 142 valence electrons. The van der Waals surface area contributed by atoms with Gasteiger partial charge in [-0.25, -0.2) is 13.4 Å². The van der Waals surface area contributed by atoms with Gasteiger partial charge in [-0.15, -0.1) is 0 Å². The SMILES string of the molecule is CS(=O)(=O)Nc1cccc(Nc2nc(NC3CCCC3)c3[nH]c[nH+]c3n2)c1. The molecule has 0 bridgehead atoms. The second-order valence-corrected chi connectivity index (χ2v) is 8.51. The molecule has 0 aliphatic heterocycles. The molecule has 0 saturated heterocycles. The normalized spacial score (nSPS) is 15.1. The Labute approximate surface area is 157 Å². The van der Waals surface area contributed by atoms with Crippen molar-refractivity contribution in [3.05, 3.63) is 30.6 Å². The Balaban J connectivity index is 1.61. The average Bonchev–Trinajstić information content (AvgIpc) is 3.25. The van der Waals surface area contributed by atoms with Crippen LogP contribution < -0.4 is 20.3 Å². The second kappa shape index (κ2) is 7.03. The second-order valence-electron chi connectivity index (χ2n) is 6.76. The van der Waals surface area contributed by atoms with Gasteiger partial charge in [-0.05, 0) is 31.0 Å². The van der Waals surface area contributed by atoms with Crippen LogP contribution in [0.2, 0.25) is 0 Å². The number of H-pyrrole nitrogens is 2. The van der Waals surface area contributed by atoms with Crippen LogP contribution in [0.3, 0.4) is 0 Å². The monoisotopic (exact) mass is 388 g/mol. The van der Waals surface area contributed by atoms with E-state index in [4.69, 9.17) is 0 Å². The number of nitrogens with zero attached hydrogens (tertiary/aromatic N) is 2. The zero-order chi connectivity index (χ0) is 18.9. The molecule has 2 heterocycles. The number of rotatable bonds is 6. The van der Waals surface area contributed by atoms with Crippen LogP contribution in [0.1, 0.15) is 25.7 Å². The highest BCUT2D eigenvalue weighted by atomic mass is 32.2. The minimum Gasteiger partial charge on any atom is -0.364 e. The van der Waals surface area contributed by atoms with E-state index in [1.165, 1.54) is 12.8 Å². The first-order valence-corrected chi connectivity index (χ1v) is 10.7. The minimum atomic E-state index is -3.34. The van der Waals surface area contributed by atoms with Gasteiger partial charge in [-0.1, -0.05) is 23.9 Å². The van der Waals surface area contributed by atoms with Crippen molar-refractivity contribution in [2.75, 3.05) is 21.6 Å². The molecule has 5 N–H and O–H groups in total. The summed E-state index contributed by atoms with van der Waals surface area (Å²) in [7, 11) is -3.34. The molecule has 0 amide bonds. The summed E-state index contributed by atoms with van der Waals surface area (Å²) < 4.78 is 25.3. The summed E-state index contributed by atoms with van der Waals surface area (Å²) >= 11 is 0. The molecular formula is C17H22N7O2S+. The van der Waals surface area contributed by atoms with Crippen LogP contribution in [-0.2, 0) is 10.0 Å². The molecule has 3 aromatic rings. The van der Waals surface area contributed by atoms with Gasteiger partial charge in [0, 0.05) is 11.7 Å². The standard InChI is InChI=1S/C17H21N7O2S/c1-27(25,26)24-13-8-4-7-12(9-13)21-17-22-15-14(18-10-19-15)16(23-17)20-11-5-2-3-6-11/h4,7-11,24H,2-3,5-6H2,1H3,(H3,18,19,20,21,22,23)/p+1. The molecule has 0 radical (unpaired) electrons. The molecule has 10 heteroatoms. The maximum absolute atomic E-state index is 11.4. The highest BCUT2D eigenvalue weighted by molar-refractivity contribution is 7.92. The van der Waals surface area contributed by atoms with Crippen molar-refractivity contribution >= 4 is 44.3 Å². The Hall–Kier alpha value is -2.88. The molecule has 9 nitrogen and oxygen atoms in total. The summed E-state index contributed by atoms with van der Waals surface area (Å²) in [6.07, 6.45) is 7.57. The van der Waals surface area contributed by atoms with Crippen molar-refractivity contribution in [1.82, 2.24) is 15.0 Å². The van der Waals surface area contributed by atoms with Gasteiger partial charge in [-0.3, -0.25) is 9.71 Å². The number of anilines is 4. The fourth-order valence-electron chi connectivity index (χ4n) is 3.31. The third kappa shape index (κ3) is 4.27. The molecule has 0 atom stereocenters. The lowest BCUT2D eigenvalue weighted by Gasteiger charge is -2.12. The first-order chi connectivity index (χ1) is 13.0. The van der Waals surface area contributed by atoms with Crippen molar-refractivity contribution < 1.29 is 13.4 Å². The van der Waals surface area contributed by atoms with Gasteiger partial charge in [0.2, 0.25) is 15.5 Å². The summed E-state index contributed by atoms with van der Waals surface area (Å²) in [5.41, 5.74) is 2.68. The molecule has 0 spiro atoms. The summed E-state index contributed by atoms with van der Waals surface area (Å²) in [5, 5.41) is 6.65. The Morgan fingerprint density at radius 1 is 1.19 bits per heavy atom. The molecular weight excluding hydrogens is 366 g/mol. The third-order valence-electron chi connectivity index (χ3n) is 4.45. The third-order valence-corrected chi connectivity index (χ3v) is 5.06. The predicted molar refractivity (Wildman–Crippen MR) is 105 cm³/mol. The van der Waals surface area contributed by atoms with Crippen LogP contribution in [0, 0.1) is 0 Å². The van der Waals surface area contributed by atoms with Crippen LogP contribution in [0.25, 0.3) is 11.2 Å². The maximum Gasteiger partial charge on any atom is 0.307 e. The zero-order valence-corrected chi connectivity index (χ0v) is 15.7. The molecule has 0 unspecified atom stereocenters. The van der Waals surface area contributed by atoms with Gasteiger partial charge in [0.05, 0.1) is 11.9 Å². The lowest BCUT2D eigenvalue weighted by atomic mass is 10.2. The summed E-state index contributed by atoms with van der Waals surface area (Å²) in [6.45, 7) is 0. The van der Waals surface area contributed by atoms with Crippen molar-refractivity contribution in [2.45, 2.75) is 31.7 Å². The number of fused-ring (bicyclic) bond motifs is 1. The number of nitrogens with one attached hydrogen (secondary N) is 5. The van der Waals surface area contributed by atoms with E-state index in [1.54, 1.807) is 24.5 Å². The molecule has 4 rings (SSSR count). The van der Waals surface area contributed by atoms with Gasteiger partial charge in [0.1, 0.15) is 0 Å². The number of sulfonamides is 1. The van der Waals surface area contributed by atoms with Gasteiger partial charge in [-0.2, -0.15) is 4.98 Å². The summed E-state index contributed by atoms with van der Waals surface area (Å²) in [4.78, 5) is 15.3. The van der Waals surface area contributed by atoms with E-state index >= 15 is 0 Å². The van der Waals surface area contributed by atoms with E-state index in [0.717, 1.165) is 30.4 Å².